The molecule has 0 aromatic heterocycles. The normalized spacial score (nSPS) is 22.3. The van der Waals surface area contributed by atoms with Gasteiger partial charge in [-0.3, -0.25) is 4.79 Å². The summed E-state index contributed by atoms with van der Waals surface area (Å²) in [5.41, 5.74) is 0.431. The fraction of sp³-hybridized carbons (Fsp3) is 0.857. The Morgan fingerprint density at radius 1 is 1.67 bits per heavy atom. The van der Waals surface area contributed by atoms with Gasteiger partial charge in [-0.15, -0.1) is 0 Å². The second kappa shape index (κ2) is 2.38. The Balaban J connectivity index is 2.16. The molecule has 0 aliphatic heterocycles. The zero-order chi connectivity index (χ0) is 6.74. The van der Waals surface area contributed by atoms with Crippen molar-refractivity contribution < 1.29 is 4.79 Å². The van der Waals surface area contributed by atoms with Crippen LogP contribution in [0.2, 0.25) is 0 Å². The van der Waals surface area contributed by atoms with Crippen LogP contribution in [0.5, 0.6) is 0 Å². The molecule has 0 aromatic rings. The summed E-state index contributed by atoms with van der Waals surface area (Å²) < 4.78 is 0. The highest BCUT2D eigenvalue weighted by Crippen LogP contribution is 2.39. The molecule has 2 nitrogen and oxygen atoms in total. The molecule has 9 heavy (non-hydrogen) atoms. The Hall–Kier alpha value is -0.530. The number of carbonyl (C=O) groups excluding carboxylic acids is 1. The molecule has 1 saturated carbocycles. The summed E-state index contributed by atoms with van der Waals surface area (Å²) in [5.74, 6) is 0. The molecular weight excluding hydrogens is 114 g/mol. The summed E-state index contributed by atoms with van der Waals surface area (Å²) in [6.07, 6.45) is 4.66. The molecule has 1 amide bonds. The fourth-order valence-corrected chi connectivity index (χ4v) is 1.25. The van der Waals surface area contributed by atoms with E-state index in [1.807, 2.05) is 0 Å². The predicted molar refractivity (Wildman–Crippen MR) is 36.0 cm³/mol. The van der Waals surface area contributed by atoms with Crippen LogP contribution in [0.3, 0.4) is 0 Å². The van der Waals surface area contributed by atoms with Gasteiger partial charge in [-0.05, 0) is 18.3 Å². The van der Waals surface area contributed by atoms with Gasteiger partial charge in [0.2, 0.25) is 6.41 Å². The lowest BCUT2D eigenvalue weighted by Crippen LogP contribution is -2.36. The third-order valence-electron chi connectivity index (χ3n) is 2.17. The largest absolute Gasteiger partial charge is 0.358 e. The van der Waals surface area contributed by atoms with E-state index in [4.69, 9.17) is 0 Å². The fourth-order valence-electron chi connectivity index (χ4n) is 1.25. The topological polar surface area (TPSA) is 29.1 Å². The maximum absolute atomic E-state index is 9.88. The zero-order valence-electron chi connectivity index (χ0n) is 5.81. The van der Waals surface area contributed by atoms with E-state index < -0.39 is 0 Å². The minimum atomic E-state index is 0.431. The van der Waals surface area contributed by atoms with Gasteiger partial charge in [0.05, 0.1) is 0 Å². The molecule has 0 aromatic carbocycles. The SMILES string of the molecule is CC1(CNC=O)CCC1. The molecule has 0 spiro atoms. The molecule has 0 radical (unpaired) electrons. The van der Waals surface area contributed by atoms with Gasteiger partial charge < -0.3 is 5.32 Å². The Labute approximate surface area is 55.6 Å². The van der Waals surface area contributed by atoms with Gasteiger partial charge in [-0.2, -0.15) is 0 Å². The van der Waals surface area contributed by atoms with Crippen molar-refractivity contribution in [1.29, 1.82) is 0 Å². The summed E-state index contributed by atoms with van der Waals surface area (Å²) in [7, 11) is 0. The molecule has 0 bridgehead atoms. The summed E-state index contributed by atoms with van der Waals surface area (Å²) in [6, 6.07) is 0. The van der Waals surface area contributed by atoms with Crippen molar-refractivity contribution in [2.75, 3.05) is 6.54 Å². The number of rotatable bonds is 3. The summed E-state index contributed by atoms with van der Waals surface area (Å²) in [6.45, 7) is 3.07. The van der Waals surface area contributed by atoms with Gasteiger partial charge in [0.25, 0.3) is 0 Å². The van der Waals surface area contributed by atoms with Crippen LogP contribution in [-0.4, -0.2) is 13.0 Å². The first kappa shape index (κ1) is 6.59. The predicted octanol–water partition coefficient (Wildman–Crippen LogP) is 0.923. The lowest BCUT2D eigenvalue weighted by molar-refractivity contribution is -0.110. The summed E-state index contributed by atoms with van der Waals surface area (Å²) in [4.78, 5) is 9.88. The molecule has 1 fully saturated rings. The van der Waals surface area contributed by atoms with Crippen molar-refractivity contribution in [1.82, 2.24) is 5.32 Å². The van der Waals surface area contributed by atoms with Gasteiger partial charge in [-0.25, -0.2) is 0 Å². The Bertz CT molecular complexity index is 107. The molecule has 1 aliphatic rings. The monoisotopic (exact) mass is 127 g/mol. The first-order valence-corrected chi connectivity index (χ1v) is 3.44. The zero-order valence-corrected chi connectivity index (χ0v) is 5.81. The van der Waals surface area contributed by atoms with Crippen LogP contribution in [-0.2, 0) is 4.79 Å². The van der Waals surface area contributed by atoms with E-state index in [0.29, 0.717) is 5.41 Å². The van der Waals surface area contributed by atoms with Crippen molar-refractivity contribution in [3.8, 4) is 0 Å². The lowest BCUT2D eigenvalue weighted by atomic mass is 9.70. The second-order valence-electron chi connectivity index (χ2n) is 3.16. The highest BCUT2D eigenvalue weighted by Gasteiger charge is 2.30. The molecule has 0 saturated heterocycles. The maximum atomic E-state index is 9.88. The summed E-state index contributed by atoms with van der Waals surface area (Å²) in [5, 5.41) is 2.71. The van der Waals surface area contributed by atoms with Crippen molar-refractivity contribution >= 4 is 6.41 Å². The smallest absolute Gasteiger partial charge is 0.207 e. The Morgan fingerprint density at radius 2 is 2.33 bits per heavy atom. The van der Waals surface area contributed by atoms with Crippen molar-refractivity contribution in [2.24, 2.45) is 5.41 Å². The Morgan fingerprint density at radius 3 is 2.67 bits per heavy atom. The number of carbonyl (C=O) groups is 1. The average molecular weight is 127 g/mol. The van der Waals surface area contributed by atoms with Crippen molar-refractivity contribution in [3.05, 3.63) is 0 Å². The highest BCUT2D eigenvalue weighted by atomic mass is 16.1. The van der Waals surface area contributed by atoms with Crippen molar-refractivity contribution in [3.63, 3.8) is 0 Å². The molecular formula is C7H13NO. The van der Waals surface area contributed by atoms with Gasteiger partial charge in [-0.1, -0.05) is 13.3 Å². The average Bonchev–Trinajstić information content (AvgIpc) is 1.79. The number of amides is 1. The minimum absolute atomic E-state index is 0.431. The van der Waals surface area contributed by atoms with E-state index in [1.54, 1.807) is 0 Å². The quantitative estimate of drug-likeness (QED) is 0.561. The van der Waals surface area contributed by atoms with E-state index in [2.05, 4.69) is 12.2 Å². The van der Waals surface area contributed by atoms with E-state index in [0.717, 1.165) is 13.0 Å². The molecule has 0 atom stereocenters. The third-order valence-corrected chi connectivity index (χ3v) is 2.17. The van der Waals surface area contributed by atoms with E-state index in [9.17, 15) is 4.79 Å². The van der Waals surface area contributed by atoms with Crippen LogP contribution in [0.15, 0.2) is 0 Å². The molecule has 1 rings (SSSR count). The van der Waals surface area contributed by atoms with E-state index in [-0.39, 0.29) is 0 Å². The number of hydrogen-bond donors (Lipinski definition) is 1. The van der Waals surface area contributed by atoms with Crippen LogP contribution in [0.1, 0.15) is 26.2 Å². The Kier molecular flexibility index (Phi) is 1.74. The van der Waals surface area contributed by atoms with E-state index >= 15 is 0 Å². The summed E-state index contributed by atoms with van der Waals surface area (Å²) >= 11 is 0. The lowest BCUT2D eigenvalue weighted by Gasteiger charge is -2.37. The maximum Gasteiger partial charge on any atom is 0.207 e. The van der Waals surface area contributed by atoms with Gasteiger partial charge in [0.15, 0.2) is 0 Å². The van der Waals surface area contributed by atoms with Crippen LogP contribution in [0.25, 0.3) is 0 Å². The van der Waals surface area contributed by atoms with Crippen LogP contribution in [0, 0.1) is 5.41 Å². The standard InChI is InChI=1S/C7H13NO/c1-7(3-2-4-7)5-8-6-9/h6H,2-5H2,1H3,(H,8,9). The number of hydrogen-bond acceptors (Lipinski definition) is 1. The molecule has 0 heterocycles. The molecule has 1 N–H and O–H groups in total. The van der Waals surface area contributed by atoms with Crippen molar-refractivity contribution in [2.45, 2.75) is 26.2 Å². The van der Waals surface area contributed by atoms with Gasteiger partial charge >= 0.3 is 0 Å². The first-order chi connectivity index (χ1) is 4.27. The van der Waals surface area contributed by atoms with Crippen LogP contribution in [0.4, 0.5) is 0 Å². The van der Waals surface area contributed by atoms with Crippen LogP contribution < -0.4 is 5.32 Å². The first-order valence-electron chi connectivity index (χ1n) is 3.44. The van der Waals surface area contributed by atoms with E-state index in [1.165, 1.54) is 19.3 Å². The highest BCUT2D eigenvalue weighted by molar-refractivity contribution is 5.45. The third kappa shape index (κ3) is 1.44. The molecule has 0 unspecified atom stereocenters. The molecule has 2 heteroatoms. The van der Waals surface area contributed by atoms with Gasteiger partial charge in [0, 0.05) is 6.54 Å². The molecule has 1 aliphatic carbocycles. The second-order valence-corrected chi connectivity index (χ2v) is 3.16. The molecule has 52 valence electrons. The van der Waals surface area contributed by atoms with Crippen LogP contribution >= 0.6 is 0 Å². The number of nitrogens with one attached hydrogen (secondary N) is 1. The minimum Gasteiger partial charge on any atom is -0.358 e. The van der Waals surface area contributed by atoms with Gasteiger partial charge in [0.1, 0.15) is 0 Å².